The number of hydrogen-bond donors (Lipinski definition) is 1. The highest BCUT2D eigenvalue weighted by molar-refractivity contribution is 5.51. The Labute approximate surface area is 124 Å². The molecule has 1 heterocycles. The van der Waals surface area contributed by atoms with Crippen LogP contribution in [-0.4, -0.2) is 25.2 Å². The maximum absolute atomic E-state index is 14.1. The van der Waals surface area contributed by atoms with Gasteiger partial charge < -0.3 is 10.2 Å². The molecule has 118 valence electrons. The molecule has 21 heavy (non-hydrogen) atoms. The standard InChI is InChI=1S/C16H23F3N2/c1-4-5-12-9-21(15(8-20-12)10(2)3)16-13(18)6-11(17)7-14(16)19/h6-7,10,12,15,20H,4-5,8-9H2,1-3H3. The predicted molar refractivity (Wildman–Crippen MR) is 79.0 cm³/mol. The molecule has 0 radical (unpaired) electrons. The summed E-state index contributed by atoms with van der Waals surface area (Å²) in [6.07, 6.45) is 1.96. The lowest BCUT2D eigenvalue weighted by atomic mass is 9.96. The Morgan fingerprint density at radius 3 is 2.38 bits per heavy atom. The molecule has 1 N–H and O–H groups in total. The normalized spacial score (nSPS) is 22.9. The first-order chi connectivity index (χ1) is 9.93. The summed E-state index contributed by atoms with van der Waals surface area (Å²) in [6, 6.07) is 1.71. The van der Waals surface area contributed by atoms with Gasteiger partial charge in [0.2, 0.25) is 0 Å². The molecule has 0 aliphatic carbocycles. The molecular formula is C16H23F3N2. The summed E-state index contributed by atoms with van der Waals surface area (Å²) in [5.41, 5.74) is -0.0993. The van der Waals surface area contributed by atoms with Gasteiger partial charge >= 0.3 is 0 Å². The van der Waals surface area contributed by atoms with E-state index >= 15 is 0 Å². The van der Waals surface area contributed by atoms with Gasteiger partial charge in [-0.25, -0.2) is 13.2 Å². The molecule has 5 heteroatoms. The van der Waals surface area contributed by atoms with Crippen LogP contribution in [0.15, 0.2) is 12.1 Å². The summed E-state index contributed by atoms with van der Waals surface area (Å²) in [4.78, 5) is 1.77. The van der Waals surface area contributed by atoms with E-state index in [1.54, 1.807) is 4.90 Å². The van der Waals surface area contributed by atoms with Gasteiger partial charge in [0.25, 0.3) is 0 Å². The van der Waals surface area contributed by atoms with E-state index in [9.17, 15) is 13.2 Å². The van der Waals surface area contributed by atoms with E-state index in [0.717, 1.165) is 25.0 Å². The second-order valence-corrected chi connectivity index (χ2v) is 6.08. The van der Waals surface area contributed by atoms with Crippen molar-refractivity contribution in [1.82, 2.24) is 5.32 Å². The van der Waals surface area contributed by atoms with Crippen molar-refractivity contribution in [2.75, 3.05) is 18.0 Å². The van der Waals surface area contributed by atoms with Crippen LogP contribution >= 0.6 is 0 Å². The third-order valence-corrected chi connectivity index (χ3v) is 4.11. The van der Waals surface area contributed by atoms with Gasteiger partial charge in [-0.05, 0) is 12.3 Å². The molecular weight excluding hydrogens is 277 g/mol. The summed E-state index contributed by atoms with van der Waals surface area (Å²) < 4.78 is 41.3. The van der Waals surface area contributed by atoms with Crippen molar-refractivity contribution in [3.05, 3.63) is 29.6 Å². The fourth-order valence-corrected chi connectivity index (χ4v) is 3.04. The van der Waals surface area contributed by atoms with Crippen LogP contribution in [0.3, 0.4) is 0 Å². The van der Waals surface area contributed by atoms with Crippen LogP contribution in [0, 0.1) is 23.4 Å². The predicted octanol–water partition coefficient (Wildman–Crippen LogP) is 3.71. The Morgan fingerprint density at radius 2 is 1.86 bits per heavy atom. The first-order valence-electron chi connectivity index (χ1n) is 7.58. The molecule has 1 saturated heterocycles. The Hall–Kier alpha value is -1.23. The Morgan fingerprint density at radius 1 is 1.24 bits per heavy atom. The van der Waals surface area contributed by atoms with Crippen LogP contribution in [0.5, 0.6) is 0 Å². The van der Waals surface area contributed by atoms with Crippen molar-refractivity contribution in [2.24, 2.45) is 5.92 Å². The van der Waals surface area contributed by atoms with Gasteiger partial charge in [-0.15, -0.1) is 0 Å². The number of nitrogens with zero attached hydrogens (tertiary/aromatic N) is 1. The first-order valence-corrected chi connectivity index (χ1v) is 7.58. The van der Waals surface area contributed by atoms with Crippen molar-refractivity contribution in [3.63, 3.8) is 0 Å². The van der Waals surface area contributed by atoms with E-state index < -0.39 is 17.5 Å². The third kappa shape index (κ3) is 3.51. The van der Waals surface area contributed by atoms with Crippen molar-refractivity contribution in [1.29, 1.82) is 0 Å². The summed E-state index contributed by atoms with van der Waals surface area (Å²) in [5, 5.41) is 3.44. The minimum Gasteiger partial charge on any atom is -0.361 e. The lowest BCUT2D eigenvalue weighted by Crippen LogP contribution is -2.58. The Bertz CT molecular complexity index is 467. The maximum atomic E-state index is 14.1. The number of piperazine rings is 1. The quantitative estimate of drug-likeness (QED) is 0.912. The van der Waals surface area contributed by atoms with Crippen molar-refractivity contribution >= 4 is 5.69 Å². The number of hydrogen-bond acceptors (Lipinski definition) is 2. The zero-order valence-corrected chi connectivity index (χ0v) is 12.8. The van der Waals surface area contributed by atoms with E-state index in [1.165, 1.54) is 0 Å². The molecule has 2 rings (SSSR count). The number of rotatable bonds is 4. The smallest absolute Gasteiger partial charge is 0.152 e. The van der Waals surface area contributed by atoms with E-state index in [1.807, 2.05) is 13.8 Å². The fraction of sp³-hybridized carbons (Fsp3) is 0.625. The monoisotopic (exact) mass is 300 g/mol. The molecule has 1 aliphatic rings. The molecule has 0 saturated carbocycles. The molecule has 0 bridgehead atoms. The molecule has 0 amide bonds. The molecule has 2 unspecified atom stereocenters. The second kappa shape index (κ2) is 6.69. The largest absolute Gasteiger partial charge is 0.361 e. The lowest BCUT2D eigenvalue weighted by molar-refractivity contribution is 0.322. The lowest BCUT2D eigenvalue weighted by Gasteiger charge is -2.44. The van der Waals surface area contributed by atoms with Gasteiger partial charge in [-0.1, -0.05) is 27.2 Å². The van der Waals surface area contributed by atoms with Gasteiger partial charge in [0, 0.05) is 37.3 Å². The highest BCUT2D eigenvalue weighted by atomic mass is 19.1. The Kier molecular flexibility index (Phi) is 5.14. The fourth-order valence-electron chi connectivity index (χ4n) is 3.04. The van der Waals surface area contributed by atoms with Crippen LogP contribution in [-0.2, 0) is 0 Å². The third-order valence-electron chi connectivity index (χ3n) is 4.11. The second-order valence-electron chi connectivity index (χ2n) is 6.08. The number of nitrogens with one attached hydrogen (secondary N) is 1. The Balaban J connectivity index is 2.35. The molecule has 1 aliphatic heterocycles. The molecule has 0 aromatic heterocycles. The summed E-state index contributed by atoms with van der Waals surface area (Å²) >= 11 is 0. The highest BCUT2D eigenvalue weighted by Gasteiger charge is 2.33. The maximum Gasteiger partial charge on any atom is 0.152 e. The van der Waals surface area contributed by atoms with Gasteiger partial charge in [0.05, 0.1) is 0 Å². The average molecular weight is 300 g/mol. The number of halogens is 3. The number of benzene rings is 1. The zero-order valence-electron chi connectivity index (χ0n) is 12.8. The van der Waals surface area contributed by atoms with Crippen LogP contribution in [0.25, 0.3) is 0 Å². The molecule has 2 nitrogen and oxygen atoms in total. The number of anilines is 1. The van der Waals surface area contributed by atoms with Gasteiger partial charge in [0.1, 0.15) is 11.5 Å². The van der Waals surface area contributed by atoms with E-state index in [2.05, 4.69) is 12.2 Å². The SMILES string of the molecule is CCCC1CN(c2c(F)cc(F)cc2F)C(C(C)C)CN1. The van der Waals surface area contributed by atoms with Crippen molar-refractivity contribution < 1.29 is 13.2 Å². The molecule has 2 atom stereocenters. The molecule has 0 spiro atoms. The first kappa shape index (κ1) is 16.1. The van der Waals surface area contributed by atoms with Gasteiger partial charge in [-0.3, -0.25) is 0 Å². The minimum atomic E-state index is -0.880. The van der Waals surface area contributed by atoms with E-state index in [0.29, 0.717) is 13.1 Å². The van der Waals surface area contributed by atoms with Crippen LogP contribution in [0.4, 0.5) is 18.9 Å². The minimum absolute atomic E-state index is 0.00688. The van der Waals surface area contributed by atoms with E-state index in [-0.39, 0.29) is 23.7 Å². The molecule has 1 aromatic carbocycles. The zero-order chi connectivity index (χ0) is 15.6. The molecule has 1 fully saturated rings. The summed E-state index contributed by atoms with van der Waals surface area (Å²) in [5.74, 6) is -2.29. The summed E-state index contributed by atoms with van der Waals surface area (Å²) in [6.45, 7) is 7.35. The van der Waals surface area contributed by atoms with E-state index in [4.69, 9.17) is 0 Å². The highest BCUT2D eigenvalue weighted by Crippen LogP contribution is 2.30. The van der Waals surface area contributed by atoms with Crippen LogP contribution in [0.1, 0.15) is 33.6 Å². The molecule has 1 aromatic rings. The van der Waals surface area contributed by atoms with Crippen molar-refractivity contribution in [2.45, 2.75) is 45.7 Å². The van der Waals surface area contributed by atoms with Crippen LogP contribution in [0.2, 0.25) is 0 Å². The van der Waals surface area contributed by atoms with Gasteiger partial charge in [0.15, 0.2) is 11.6 Å². The topological polar surface area (TPSA) is 15.3 Å². The summed E-state index contributed by atoms with van der Waals surface area (Å²) in [7, 11) is 0. The van der Waals surface area contributed by atoms with Gasteiger partial charge in [-0.2, -0.15) is 0 Å². The average Bonchev–Trinajstić information content (AvgIpc) is 2.37. The van der Waals surface area contributed by atoms with Crippen molar-refractivity contribution in [3.8, 4) is 0 Å². The van der Waals surface area contributed by atoms with Crippen LogP contribution < -0.4 is 10.2 Å².